The van der Waals surface area contributed by atoms with E-state index in [0.717, 1.165) is 44.5 Å². The van der Waals surface area contributed by atoms with Crippen molar-refractivity contribution in [3.63, 3.8) is 0 Å². The SMILES string of the molecule is O=C(CN1CCC[C@H]2CCCC[C@@H]21)Nc1ccc(N2CCOCC2)cc1. The first kappa shape index (κ1) is 17.8. The number of carbonyl (C=O) groups excluding carboxylic acids is 1. The van der Waals surface area contributed by atoms with Crippen LogP contribution in [0.15, 0.2) is 24.3 Å². The third-order valence-corrected chi connectivity index (χ3v) is 6.23. The van der Waals surface area contributed by atoms with Gasteiger partial charge in [0.2, 0.25) is 5.91 Å². The molecule has 1 aliphatic carbocycles. The van der Waals surface area contributed by atoms with Crippen LogP contribution in [-0.4, -0.2) is 56.2 Å². The minimum absolute atomic E-state index is 0.121. The van der Waals surface area contributed by atoms with Crippen molar-refractivity contribution < 1.29 is 9.53 Å². The number of anilines is 2. The fourth-order valence-corrected chi connectivity index (χ4v) is 4.89. The third kappa shape index (κ3) is 4.21. The van der Waals surface area contributed by atoms with Crippen LogP contribution in [0.1, 0.15) is 38.5 Å². The Labute approximate surface area is 156 Å². The molecule has 2 heterocycles. The van der Waals surface area contributed by atoms with Gasteiger partial charge in [-0.25, -0.2) is 0 Å². The number of carbonyl (C=O) groups is 1. The van der Waals surface area contributed by atoms with E-state index in [4.69, 9.17) is 4.74 Å². The lowest BCUT2D eigenvalue weighted by Gasteiger charge is -2.43. The first-order valence-corrected chi connectivity index (χ1v) is 10.3. The molecule has 1 amide bonds. The van der Waals surface area contributed by atoms with Crippen LogP contribution >= 0.6 is 0 Å². The molecule has 0 spiro atoms. The Kier molecular flexibility index (Phi) is 5.75. The van der Waals surface area contributed by atoms with Crippen LogP contribution in [0.5, 0.6) is 0 Å². The maximum atomic E-state index is 12.6. The molecule has 5 heteroatoms. The van der Waals surface area contributed by atoms with Crippen LogP contribution in [0.3, 0.4) is 0 Å². The van der Waals surface area contributed by atoms with E-state index in [1.165, 1.54) is 44.2 Å². The largest absolute Gasteiger partial charge is 0.378 e. The maximum Gasteiger partial charge on any atom is 0.238 e. The summed E-state index contributed by atoms with van der Waals surface area (Å²) in [6.07, 6.45) is 7.91. The summed E-state index contributed by atoms with van der Waals surface area (Å²) in [6, 6.07) is 8.86. The molecule has 5 nitrogen and oxygen atoms in total. The molecule has 3 aliphatic rings. The number of hydrogen-bond donors (Lipinski definition) is 1. The maximum absolute atomic E-state index is 12.6. The van der Waals surface area contributed by atoms with E-state index in [1.54, 1.807) is 0 Å². The Morgan fingerprint density at radius 3 is 2.54 bits per heavy atom. The number of nitrogens with zero attached hydrogens (tertiary/aromatic N) is 2. The monoisotopic (exact) mass is 357 g/mol. The lowest BCUT2D eigenvalue weighted by atomic mass is 9.78. The van der Waals surface area contributed by atoms with Gasteiger partial charge in [0.15, 0.2) is 0 Å². The van der Waals surface area contributed by atoms with E-state index in [1.807, 2.05) is 12.1 Å². The standard InChI is InChI=1S/C21H31N3O2/c25-21(16-24-11-3-5-17-4-1-2-6-20(17)24)22-18-7-9-19(10-8-18)23-12-14-26-15-13-23/h7-10,17,20H,1-6,11-16H2,(H,22,25)/t17-,20+/m1/s1. The molecule has 1 N–H and O–H groups in total. The minimum atomic E-state index is 0.121. The fraction of sp³-hybridized carbons (Fsp3) is 0.667. The lowest BCUT2D eigenvalue weighted by Crippen LogP contribution is -2.49. The summed E-state index contributed by atoms with van der Waals surface area (Å²) in [5.41, 5.74) is 2.09. The predicted molar refractivity (Wildman–Crippen MR) is 105 cm³/mol. The molecule has 0 unspecified atom stereocenters. The molecular weight excluding hydrogens is 326 g/mol. The second-order valence-electron chi connectivity index (χ2n) is 7.92. The zero-order chi connectivity index (χ0) is 17.8. The second kappa shape index (κ2) is 8.40. The van der Waals surface area contributed by atoms with Gasteiger partial charge in [-0.3, -0.25) is 9.69 Å². The van der Waals surface area contributed by atoms with Crippen molar-refractivity contribution in [3.8, 4) is 0 Å². The summed E-state index contributed by atoms with van der Waals surface area (Å²) in [6.45, 7) is 5.05. The van der Waals surface area contributed by atoms with Gasteiger partial charge in [-0.05, 0) is 62.4 Å². The quantitative estimate of drug-likeness (QED) is 0.899. The molecule has 2 aliphatic heterocycles. The van der Waals surface area contributed by atoms with Crippen LogP contribution in [0.4, 0.5) is 11.4 Å². The average Bonchev–Trinajstić information content (AvgIpc) is 2.69. The highest BCUT2D eigenvalue weighted by Gasteiger charge is 2.33. The van der Waals surface area contributed by atoms with Crippen LogP contribution in [0, 0.1) is 5.92 Å². The van der Waals surface area contributed by atoms with Crippen molar-refractivity contribution in [3.05, 3.63) is 24.3 Å². The molecule has 1 aromatic rings. The Morgan fingerprint density at radius 1 is 1.00 bits per heavy atom. The number of rotatable bonds is 4. The van der Waals surface area contributed by atoms with Crippen LogP contribution in [0.25, 0.3) is 0 Å². The first-order valence-electron chi connectivity index (χ1n) is 10.3. The number of hydrogen-bond acceptors (Lipinski definition) is 4. The number of morpholine rings is 1. The van der Waals surface area contributed by atoms with Gasteiger partial charge in [0.1, 0.15) is 0 Å². The Hall–Kier alpha value is -1.59. The van der Waals surface area contributed by atoms with Gasteiger partial charge in [0, 0.05) is 30.5 Å². The zero-order valence-electron chi connectivity index (χ0n) is 15.7. The zero-order valence-corrected chi connectivity index (χ0v) is 15.7. The van der Waals surface area contributed by atoms with Gasteiger partial charge in [-0.2, -0.15) is 0 Å². The van der Waals surface area contributed by atoms with Crippen LogP contribution < -0.4 is 10.2 Å². The van der Waals surface area contributed by atoms with Crippen molar-refractivity contribution >= 4 is 17.3 Å². The lowest BCUT2D eigenvalue weighted by molar-refractivity contribution is -0.118. The molecule has 3 fully saturated rings. The number of piperidine rings is 1. The van der Waals surface area contributed by atoms with E-state index in [2.05, 4.69) is 27.2 Å². The summed E-state index contributed by atoms with van der Waals surface area (Å²) < 4.78 is 5.40. The van der Waals surface area contributed by atoms with Gasteiger partial charge >= 0.3 is 0 Å². The number of likely N-dealkylation sites (tertiary alicyclic amines) is 1. The molecule has 4 rings (SSSR count). The van der Waals surface area contributed by atoms with E-state index < -0.39 is 0 Å². The highest BCUT2D eigenvalue weighted by Crippen LogP contribution is 2.35. The van der Waals surface area contributed by atoms with Crippen LogP contribution in [0.2, 0.25) is 0 Å². The topological polar surface area (TPSA) is 44.8 Å². The van der Waals surface area contributed by atoms with Crippen molar-refractivity contribution in [2.45, 2.75) is 44.6 Å². The molecule has 26 heavy (non-hydrogen) atoms. The third-order valence-electron chi connectivity index (χ3n) is 6.23. The summed E-state index contributed by atoms with van der Waals surface area (Å²) in [5, 5.41) is 3.09. The Morgan fingerprint density at radius 2 is 1.73 bits per heavy atom. The molecule has 0 aromatic heterocycles. The van der Waals surface area contributed by atoms with Gasteiger partial charge in [-0.1, -0.05) is 12.8 Å². The smallest absolute Gasteiger partial charge is 0.238 e. The average molecular weight is 357 g/mol. The minimum Gasteiger partial charge on any atom is -0.378 e. The molecule has 142 valence electrons. The highest BCUT2D eigenvalue weighted by atomic mass is 16.5. The summed E-state index contributed by atoms with van der Waals surface area (Å²) in [4.78, 5) is 17.3. The normalized spacial score (nSPS) is 27.0. The molecule has 2 atom stereocenters. The number of amides is 1. The second-order valence-corrected chi connectivity index (χ2v) is 7.92. The van der Waals surface area contributed by atoms with Crippen LogP contribution in [-0.2, 0) is 9.53 Å². The van der Waals surface area contributed by atoms with Crippen molar-refractivity contribution in [2.24, 2.45) is 5.92 Å². The van der Waals surface area contributed by atoms with Crippen molar-refractivity contribution in [1.82, 2.24) is 4.90 Å². The molecular formula is C21H31N3O2. The van der Waals surface area contributed by atoms with E-state index in [0.29, 0.717) is 12.6 Å². The van der Waals surface area contributed by atoms with E-state index >= 15 is 0 Å². The summed E-state index contributed by atoms with van der Waals surface area (Å²) >= 11 is 0. The summed E-state index contributed by atoms with van der Waals surface area (Å²) in [7, 11) is 0. The van der Waals surface area contributed by atoms with Crippen molar-refractivity contribution in [1.29, 1.82) is 0 Å². The number of ether oxygens (including phenoxy) is 1. The first-order chi connectivity index (χ1) is 12.8. The Bertz CT molecular complexity index is 596. The Balaban J connectivity index is 1.31. The highest BCUT2D eigenvalue weighted by molar-refractivity contribution is 5.92. The summed E-state index contributed by atoms with van der Waals surface area (Å²) in [5.74, 6) is 0.938. The number of nitrogens with one attached hydrogen (secondary N) is 1. The van der Waals surface area contributed by atoms with Crippen molar-refractivity contribution in [2.75, 3.05) is 49.6 Å². The molecule has 1 saturated carbocycles. The fourth-order valence-electron chi connectivity index (χ4n) is 4.89. The van der Waals surface area contributed by atoms with Gasteiger partial charge in [-0.15, -0.1) is 0 Å². The molecule has 2 saturated heterocycles. The predicted octanol–water partition coefficient (Wildman–Crippen LogP) is 3.12. The number of fused-ring (bicyclic) bond motifs is 1. The van der Waals surface area contributed by atoms with Gasteiger partial charge in [0.25, 0.3) is 0 Å². The molecule has 1 aromatic carbocycles. The molecule has 0 bridgehead atoms. The van der Waals surface area contributed by atoms with Gasteiger partial charge in [0.05, 0.1) is 19.8 Å². The van der Waals surface area contributed by atoms with Gasteiger partial charge < -0.3 is 15.0 Å². The number of benzene rings is 1. The van der Waals surface area contributed by atoms with E-state index in [-0.39, 0.29) is 5.91 Å². The van der Waals surface area contributed by atoms with E-state index in [9.17, 15) is 4.79 Å². The molecule has 0 radical (unpaired) electrons.